The fraction of sp³-hybridized carbons (Fsp3) is 0.333. The Hall–Kier alpha value is -3.49. The Balaban J connectivity index is 1.25. The minimum Gasteiger partial charge on any atom is -0.379 e. The molecule has 0 aliphatic carbocycles. The molecule has 2 aromatic carbocycles. The maximum atomic E-state index is 13.3. The van der Waals surface area contributed by atoms with Crippen molar-refractivity contribution >= 4 is 22.5 Å². The number of ether oxygens (including phenoxy) is 1. The van der Waals surface area contributed by atoms with E-state index in [2.05, 4.69) is 38.2 Å². The molecule has 182 valence electrons. The van der Waals surface area contributed by atoms with E-state index in [9.17, 15) is 9.18 Å². The second-order valence-electron chi connectivity index (χ2n) is 9.00. The van der Waals surface area contributed by atoms with E-state index in [4.69, 9.17) is 4.74 Å². The summed E-state index contributed by atoms with van der Waals surface area (Å²) in [6.45, 7) is 9.32. The molecule has 8 heteroatoms. The Morgan fingerprint density at radius 1 is 1.06 bits per heavy atom. The summed E-state index contributed by atoms with van der Waals surface area (Å²) in [5.74, 6) is -0.389. The van der Waals surface area contributed by atoms with E-state index < -0.39 is 0 Å². The van der Waals surface area contributed by atoms with Gasteiger partial charge in [-0.05, 0) is 62.4 Å². The number of carbonyl (C=O) groups is 1. The molecule has 0 radical (unpaired) electrons. The monoisotopic (exact) mass is 475 g/mol. The first-order valence-corrected chi connectivity index (χ1v) is 12.0. The molecule has 35 heavy (non-hydrogen) atoms. The van der Waals surface area contributed by atoms with Gasteiger partial charge in [-0.1, -0.05) is 0 Å². The van der Waals surface area contributed by atoms with E-state index in [1.54, 1.807) is 16.8 Å². The average molecular weight is 476 g/mol. The van der Waals surface area contributed by atoms with Crippen LogP contribution in [0.15, 0.2) is 54.7 Å². The van der Waals surface area contributed by atoms with Crippen molar-refractivity contribution in [1.82, 2.24) is 19.2 Å². The van der Waals surface area contributed by atoms with E-state index in [1.807, 2.05) is 26.0 Å². The number of halogens is 1. The van der Waals surface area contributed by atoms with Gasteiger partial charge in [0, 0.05) is 60.2 Å². The first kappa shape index (κ1) is 23.3. The summed E-state index contributed by atoms with van der Waals surface area (Å²) in [7, 11) is 0. The molecule has 1 saturated heterocycles. The standard InChI is InChI=1S/C27H30FN5O2/c1-19-25(20(2)33(30-19)24-6-3-22(28)4-7-24)18-27(34)29-23-5-8-26-21(17-23)9-10-32(26)12-11-31-13-15-35-16-14-31/h3-10,17H,11-16,18H2,1-2H3,(H,29,34). The molecule has 0 saturated carbocycles. The molecule has 1 amide bonds. The second-order valence-corrected chi connectivity index (χ2v) is 9.00. The highest BCUT2D eigenvalue weighted by atomic mass is 19.1. The number of hydrogen-bond donors (Lipinski definition) is 1. The van der Waals surface area contributed by atoms with E-state index in [0.29, 0.717) is 0 Å². The van der Waals surface area contributed by atoms with Crippen LogP contribution in [0.1, 0.15) is 17.0 Å². The second kappa shape index (κ2) is 10.0. The fourth-order valence-electron chi connectivity index (χ4n) is 4.68. The lowest BCUT2D eigenvalue weighted by molar-refractivity contribution is -0.115. The van der Waals surface area contributed by atoms with Crippen LogP contribution >= 0.6 is 0 Å². The van der Waals surface area contributed by atoms with Crippen molar-refractivity contribution in [2.24, 2.45) is 0 Å². The molecule has 0 unspecified atom stereocenters. The molecule has 1 aliphatic rings. The number of morpholine rings is 1. The van der Waals surface area contributed by atoms with E-state index >= 15 is 0 Å². The van der Waals surface area contributed by atoms with Crippen molar-refractivity contribution in [2.75, 3.05) is 38.2 Å². The Bertz CT molecular complexity index is 1340. The van der Waals surface area contributed by atoms with Gasteiger partial charge < -0.3 is 14.6 Å². The summed E-state index contributed by atoms with van der Waals surface area (Å²) in [5.41, 5.74) is 5.23. The average Bonchev–Trinajstić information content (AvgIpc) is 3.39. The zero-order valence-electron chi connectivity index (χ0n) is 20.1. The van der Waals surface area contributed by atoms with E-state index in [0.717, 1.165) is 78.6 Å². The molecular weight excluding hydrogens is 445 g/mol. The van der Waals surface area contributed by atoms with Crippen LogP contribution in [0.5, 0.6) is 0 Å². The molecule has 0 spiro atoms. The number of nitrogens with one attached hydrogen (secondary N) is 1. The maximum absolute atomic E-state index is 13.3. The quantitative estimate of drug-likeness (QED) is 0.437. The zero-order chi connectivity index (χ0) is 24.4. The minimum absolute atomic E-state index is 0.0963. The van der Waals surface area contributed by atoms with E-state index in [-0.39, 0.29) is 18.1 Å². The van der Waals surface area contributed by atoms with Gasteiger partial charge in [0.1, 0.15) is 5.82 Å². The molecule has 3 heterocycles. The van der Waals surface area contributed by atoms with Gasteiger partial charge in [0.05, 0.1) is 31.0 Å². The van der Waals surface area contributed by atoms with Crippen LogP contribution in [-0.2, 0) is 22.5 Å². The predicted octanol–water partition coefficient (Wildman–Crippen LogP) is 4.10. The lowest BCUT2D eigenvalue weighted by Gasteiger charge is -2.26. The number of nitrogens with zero attached hydrogens (tertiary/aromatic N) is 4. The molecule has 5 rings (SSSR count). The van der Waals surface area contributed by atoms with Gasteiger partial charge >= 0.3 is 0 Å². The summed E-state index contributed by atoms with van der Waals surface area (Å²) in [6, 6.07) is 14.3. The summed E-state index contributed by atoms with van der Waals surface area (Å²) in [6.07, 6.45) is 2.32. The first-order chi connectivity index (χ1) is 17.0. The van der Waals surface area contributed by atoms with Gasteiger partial charge in [-0.25, -0.2) is 9.07 Å². The third-order valence-electron chi connectivity index (χ3n) is 6.67. The highest BCUT2D eigenvalue weighted by Crippen LogP contribution is 2.23. The van der Waals surface area contributed by atoms with Gasteiger partial charge in [-0.3, -0.25) is 9.69 Å². The van der Waals surface area contributed by atoms with Crippen LogP contribution in [0.25, 0.3) is 16.6 Å². The summed E-state index contributed by atoms with van der Waals surface area (Å²) < 4.78 is 22.7. The van der Waals surface area contributed by atoms with Crippen molar-refractivity contribution < 1.29 is 13.9 Å². The Morgan fingerprint density at radius 3 is 2.60 bits per heavy atom. The van der Waals surface area contributed by atoms with Crippen LogP contribution in [0, 0.1) is 19.7 Å². The van der Waals surface area contributed by atoms with Gasteiger partial charge in [0.15, 0.2) is 0 Å². The number of amides is 1. The van der Waals surface area contributed by atoms with E-state index in [1.165, 1.54) is 12.1 Å². The molecule has 0 bridgehead atoms. The number of benzene rings is 2. The highest BCUT2D eigenvalue weighted by molar-refractivity contribution is 5.95. The van der Waals surface area contributed by atoms with Crippen molar-refractivity contribution in [3.05, 3.63) is 77.5 Å². The van der Waals surface area contributed by atoms with Crippen LogP contribution in [0.2, 0.25) is 0 Å². The number of rotatable bonds is 7. The molecule has 2 aromatic heterocycles. The summed E-state index contributed by atoms with van der Waals surface area (Å²) in [4.78, 5) is 15.3. The third kappa shape index (κ3) is 5.13. The number of carbonyl (C=O) groups excluding carboxylic acids is 1. The van der Waals surface area contributed by atoms with Gasteiger partial charge in [0.2, 0.25) is 5.91 Å². The van der Waals surface area contributed by atoms with Gasteiger partial charge in [0.25, 0.3) is 0 Å². The van der Waals surface area contributed by atoms with Crippen LogP contribution in [0.4, 0.5) is 10.1 Å². The number of anilines is 1. The highest BCUT2D eigenvalue weighted by Gasteiger charge is 2.17. The SMILES string of the molecule is Cc1nn(-c2ccc(F)cc2)c(C)c1CC(=O)Nc1ccc2c(ccn2CCN2CCOCC2)c1. The normalized spacial score (nSPS) is 14.5. The third-order valence-corrected chi connectivity index (χ3v) is 6.67. The first-order valence-electron chi connectivity index (χ1n) is 12.0. The molecule has 1 aliphatic heterocycles. The molecule has 1 N–H and O–H groups in total. The molecule has 1 fully saturated rings. The van der Waals surface area contributed by atoms with Crippen LogP contribution < -0.4 is 5.32 Å². The molecule has 0 atom stereocenters. The molecule has 4 aromatic rings. The summed E-state index contributed by atoms with van der Waals surface area (Å²) in [5, 5.41) is 8.69. The summed E-state index contributed by atoms with van der Waals surface area (Å²) >= 11 is 0. The van der Waals surface area contributed by atoms with Gasteiger partial charge in [-0.2, -0.15) is 5.10 Å². The lowest BCUT2D eigenvalue weighted by atomic mass is 10.1. The number of aryl methyl sites for hydroxylation is 1. The van der Waals surface area contributed by atoms with Crippen molar-refractivity contribution in [3.8, 4) is 5.69 Å². The Morgan fingerprint density at radius 2 is 1.83 bits per heavy atom. The Labute approximate surface area is 204 Å². The fourth-order valence-corrected chi connectivity index (χ4v) is 4.68. The number of fused-ring (bicyclic) bond motifs is 1. The molecule has 7 nitrogen and oxygen atoms in total. The smallest absolute Gasteiger partial charge is 0.228 e. The van der Waals surface area contributed by atoms with Crippen molar-refractivity contribution in [1.29, 1.82) is 0 Å². The number of hydrogen-bond acceptors (Lipinski definition) is 4. The van der Waals surface area contributed by atoms with Gasteiger partial charge in [-0.15, -0.1) is 0 Å². The number of aromatic nitrogens is 3. The minimum atomic E-state index is -0.292. The largest absolute Gasteiger partial charge is 0.379 e. The molecular formula is C27H30FN5O2. The zero-order valence-corrected chi connectivity index (χ0v) is 20.1. The maximum Gasteiger partial charge on any atom is 0.228 e. The van der Waals surface area contributed by atoms with Crippen LogP contribution in [-0.4, -0.2) is 58.0 Å². The van der Waals surface area contributed by atoms with Crippen molar-refractivity contribution in [3.63, 3.8) is 0 Å². The predicted molar refractivity (Wildman–Crippen MR) is 135 cm³/mol. The van der Waals surface area contributed by atoms with Crippen LogP contribution in [0.3, 0.4) is 0 Å². The Kier molecular flexibility index (Phi) is 6.66. The lowest BCUT2D eigenvalue weighted by Crippen LogP contribution is -2.38. The topological polar surface area (TPSA) is 64.3 Å². The van der Waals surface area contributed by atoms with Crippen molar-refractivity contribution in [2.45, 2.75) is 26.8 Å².